The molecule has 0 saturated carbocycles. The molecule has 40 heavy (non-hydrogen) atoms. The molecule has 3 aromatic carbocycles. The summed E-state index contributed by atoms with van der Waals surface area (Å²) in [6.45, 7) is 4.15. The summed E-state index contributed by atoms with van der Waals surface area (Å²) in [4.78, 5) is 2.48. The van der Waals surface area contributed by atoms with E-state index >= 15 is 0 Å². The fourth-order valence-electron chi connectivity index (χ4n) is 4.40. The van der Waals surface area contributed by atoms with Crippen molar-refractivity contribution in [3.05, 3.63) is 108 Å². The van der Waals surface area contributed by atoms with Gasteiger partial charge in [-0.1, -0.05) is 72.9 Å². The molecule has 3 aromatic rings. The summed E-state index contributed by atoms with van der Waals surface area (Å²) >= 11 is 0. The minimum absolute atomic E-state index is 0.263. The van der Waals surface area contributed by atoms with Crippen LogP contribution in [0, 0.1) is 0 Å². The second-order valence-electron chi connectivity index (χ2n) is 9.86. The zero-order valence-electron chi connectivity index (χ0n) is 23.2. The lowest BCUT2D eigenvalue weighted by molar-refractivity contribution is 0.226. The third-order valence-corrected chi connectivity index (χ3v) is 6.66. The van der Waals surface area contributed by atoms with E-state index in [2.05, 4.69) is 46.7 Å². The van der Waals surface area contributed by atoms with E-state index in [-0.39, 0.29) is 17.2 Å². The van der Waals surface area contributed by atoms with Crippen LogP contribution >= 0.6 is 0 Å². The van der Waals surface area contributed by atoms with Crippen molar-refractivity contribution in [2.75, 3.05) is 32.7 Å². The van der Waals surface area contributed by atoms with Crippen molar-refractivity contribution in [2.24, 2.45) is 5.73 Å². The Kier molecular flexibility index (Phi) is 13.6. The minimum atomic E-state index is 0.263. The van der Waals surface area contributed by atoms with Gasteiger partial charge in [0.1, 0.15) is 17.2 Å². The van der Waals surface area contributed by atoms with Gasteiger partial charge in [0.15, 0.2) is 0 Å². The highest BCUT2D eigenvalue weighted by atomic mass is 16.3. The highest BCUT2D eigenvalue weighted by Crippen LogP contribution is 2.17. The van der Waals surface area contributed by atoms with Crippen LogP contribution in [-0.2, 0) is 0 Å². The van der Waals surface area contributed by atoms with Crippen LogP contribution < -0.4 is 11.1 Å². The second-order valence-corrected chi connectivity index (χ2v) is 9.86. The fraction of sp³-hybridized carbons (Fsp3) is 0.294. The van der Waals surface area contributed by atoms with E-state index in [1.165, 1.54) is 0 Å². The van der Waals surface area contributed by atoms with Crippen molar-refractivity contribution in [1.29, 1.82) is 0 Å². The van der Waals surface area contributed by atoms with Crippen molar-refractivity contribution in [1.82, 2.24) is 10.2 Å². The standard InChI is InChI=1S/C34H43N3O3/c35-23-5-25-36-24-2-10-31(9-1-6-28-11-17-32(38)18-12-28)37(26-3-7-29-13-19-33(39)20-14-29)27-4-8-30-15-21-34(40)22-16-30/h1,3-4,6-8,11-22,31,36,38-40H,2,5,9-10,23-27,35H2/b6-1+,7-3+,8-4+. The Hall–Kier alpha value is -3.84. The average Bonchev–Trinajstić information content (AvgIpc) is 2.96. The molecule has 0 bridgehead atoms. The third kappa shape index (κ3) is 11.9. The maximum absolute atomic E-state index is 9.59. The number of aromatic hydroxyl groups is 3. The molecule has 3 rings (SSSR count). The number of phenolic OH excluding ortho intramolecular Hbond substituents is 3. The smallest absolute Gasteiger partial charge is 0.115 e. The van der Waals surface area contributed by atoms with E-state index in [1.54, 1.807) is 36.4 Å². The molecule has 6 nitrogen and oxygen atoms in total. The normalized spacial score (nSPS) is 12.8. The van der Waals surface area contributed by atoms with Crippen LogP contribution in [0.4, 0.5) is 0 Å². The van der Waals surface area contributed by atoms with Gasteiger partial charge in [-0.05, 0) is 98.4 Å². The van der Waals surface area contributed by atoms with Crippen LogP contribution in [-0.4, -0.2) is 59.0 Å². The second kappa shape index (κ2) is 17.7. The summed E-state index contributed by atoms with van der Waals surface area (Å²) in [5, 5.41) is 32.3. The Labute approximate surface area is 238 Å². The molecule has 1 unspecified atom stereocenters. The number of benzene rings is 3. The van der Waals surface area contributed by atoms with Crippen LogP contribution in [0.2, 0.25) is 0 Å². The van der Waals surface area contributed by atoms with E-state index in [9.17, 15) is 15.3 Å². The number of nitrogens with zero attached hydrogens (tertiary/aromatic N) is 1. The van der Waals surface area contributed by atoms with Crippen LogP contribution in [0.3, 0.4) is 0 Å². The van der Waals surface area contributed by atoms with Crippen molar-refractivity contribution in [2.45, 2.75) is 31.7 Å². The molecule has 0 aliphatic heterocycles. The highest BCUT2D eigenvalue weighted by Gasteiger charge is 2.15. The van der Waals surface area contributed by atoms with Gasteiger partial charge in [0.25, 0.3) is 0 Å². The maximum atomic E-state index is 9.59. The largest absolute Gasteiger partial charge is 0.508 e. The van der Waals surface area contributed by atoms with Crippen LogP contribution in [0.1, 0.15) is 42.4 Å². The Morgan fingerprint density at radius 3 is 1.50 bits per heavy atom. The molecule has 0 aromatic heterocycles. The minimum Gasteiger partial charge on any atom is -0.508 e. The number of rotatable bonds is 17. The first-order valence-electron chi connectivity index (χ1n) is 14.0. The Balaban J connectivity index is 1.74. The summed E-state index contributed by atoms with van der Waals surface area (Å²) in [7, 11) is 0. The first-order chi connectivity index (χ1) is 19.5. The molecule has 0 amide bonds. The van der Waals surface area contributed by atoms with Crippen LogP contribution in [0.5, 0.6) is 17.2 Å². The number of phenols is 3. The van der Waals surface area contributed by atoms with Gasteiger partial charge < -0.3 is 26.4 Å². The number of nitrogens with one attached hydrogen (secondary N) is 1. The van der Waals surface area contributed by atoms with Gasteiger partial charge >= 0.3 is 0 Å². The zero-order valence-corrected chi connectivity index (χ0v) is 23.2. The van der Waals surface area contributed by atoms with Gasteiger partial charge in [-0.25, -0.2) is 0 Å². The summed E-state index contributed by atoms with van der Waals surface area (Å²) in [5.74, 6) is 0.793. The number of nitrogens with two attached hydrogens (primary N) is 1. The van der Waals surface area contributed by atoms with Crippen molar-refractivity contribution in [3.8, 4) is 17.2 Å². The number of hydrogen-bond acceptors (Lipinski definition) is 6. The van der Waals surface area contributed by atoms with Gasteiger partial charge in [-0.2, -0.15) is 0 Å². The van der Waals surface area contributed by atoms with Crippen molar-refractivity contribution in [3.63, 3.8) is 0 Å². The zero-order chi connectivity index (χ0) is 28.4. The fourth-order valence-corrected chi connectivity index (χ4v) is 4.40. The van der Waals surface area contributed by atoms with E-state index in [0.29, 0.717) is 12.6 Å². The first-order valence-corrected chi connectivity index (χ1v) is 14.0. The van der Waals surface area contributed by atoms with Crippen molar-refractivity contribution >= 4 is 18.2 Å². The quantitative estimate of drug-likeness (QED) is 0.134. The van der Waals surface area contributed by atoms with E-state index in [0.717, 1.165) is 68.6 Å². The van der Waals surface area contributed by atoms with Crippen LogP contribution in [0.15, 0.2) is 91.0 Å². The summed E-state index contributed by atoms with van der Waals surface area (Å²) in [6.07, 6.45) is 16.8. The Morgan fingerprint density at radius 1 is 0.625 bits per heavy atom. The maximum Gasteiger partial charge on any atom is 0.115 e. The molecule has 6 heteroatoms. The summed E-state index contributed by atoms with van der Waals surface area (Å²) in [5.41, 5.74) is 8.78. The molecular formula is C34H43N3O3. The van der Waals surface area contributed by atoms with Crippen molar-refractivity contribution < 1.29 is 15.3 Å². The third-order valence-electron chi connectivity index (χ3n) is 6.66. The van der Waals surface area contributed by atoms with Gasteiger partial charge in [-0.15, -0.1) is 0 Å². The molecule has 0 fully saturated rings. The van der Waals surface area contributed by atoms with Gasteiger partial charge in [-0.3, -0.25) is 4.90 Å². The lowest BCUT2D eigenvalue weighted by Gasteiger charge is -2.29. The molecule has 0 radical (unpaired) electrons. The molecule has 0 spiro atoms. The average molecular weight is 542 g/mol. The van der Waals surface area contributed by atoms with E-state index < -0.39 is 0 Å². The SMILES string of the molecule is NCCCNCCCC(C/C=C/c1ccc(O)cc1)N(C/C=C/c1ccc(O)cc1)C/C=C/c1ccc(O)cc1. The van der Waals surface area contributed by atoms with Gasteiger partial charge in [0, 0.05) is 19.1 Å². The molecular weight excluding hydrogens is 498 g/mol. The number of hydrogen-bond donors (Lipinski definition) is 5. The highest BCUT2D eigenvalue weighted by molar-refractivity contribution is 5.52. The Bertz CT molecular complexity index is 1130. The summed E-state index contributed by atoms with van der Waals surface area (Å²) in [6, 6.07) is 22.0. The van der Waals surface area contributed by atoms with E-state index in [4.69, 9.17) is 5.73 Å². The van der Waals surface area contributed by atoms with Gasteiger partial charge in [0.05, 0.1) is 0 Å². The molecule has 0 saturated heterocycles. The predicted octanol–water partition coefficient (Wildman–Crippen LogP) is 6.02. The lowest BCUT2D eigenvalue weighted by Crippen LogP contribution is -2.36. The summed E-state index contributed by atoms with van der Waals surface area (Å²) < 4.78 is 0. The first kappa shape index (κ1) is 30.7. The molecule has 0 aliphatic carbocycles. The molecule has 6 N–H and O–H groups in total. The molecule has 0 heterocycles. The lowest BCUT2D eigenvalue weighted by atomic mass is 10.0. The Morgan fingerprint density at radius 2 is 1.05 bits per heavy atom. The monoisotopic (exact) mass is 541 g/mol. The topological polar surface area (TPSA) is 102 Å². The molecule has 1 atom stereocenters. The molecule has 0 aliphatic rings. The predicted molar refractivity (Wildman–Crippen MR) is 167 cm³/mol. The van der Waals surface area contributed by atoms with Gasteiger partial charge in [0.2, 0.25) is 0 Å². The van der Waals surface area contributed by atoms with Crippen LogP contribution in [0.25, 0.3) is 18.2 Å². The van der Waals surface area contributed by atoms with E-state index in [1.807, 2.05) is 36.4 Å². The molecule has 212 valence electrons.